The van der Waals surface area contributed by atoms with Gasteiger partial charge in [0.25, 0.3) is 0 Å². The van der Waals surface area contributed by atoms with Gasteiger partial charge >= 0.3 is 11.1 Å². The molecule has 1 aliphatic heterocycles. The molecule has 0 saturated carbocycles. The Kier molecular flexibility index (Phi) is 7.58. The van der Waals surface area contributed by atoms with Crippen molar-refractivity contribution in [3.63, 3.8) is 0 Å². The second-order valence-corrected chi connectivity index (χ2v) is 12.6. The Labute approximate surface area is 260 Å². The van der Waals surface area contributed by atoms with Gasteiger partial charge in [0.1, 0.15) is 0 Å². The number of rotatable bonds is 7. The number of halogens is 1. The van der Waals surface area contributed by atoms with Gasteiger partial charge in [-0.25, -0.2) is 0 Å². The minimum atomic E-state index is -0.619. The number of aromatic nitrogens is 4. The molecule has 0 atom stereocenters. The summed E-state index contributed by atoms with van der Waals surface area (Å²) in [6, 6.07) is 13.7. The lowest BCUT2D eigenvalue weighted by atomic mass is 9.95. The summed E-state index contributed by atoms with van der Waals surface area (Å²) in [5, 5.41) is 8.66. The van der Waals surface area contributed by atoms with Crippen LogP contribution in [0.5, 0.6) is 0 Å². The van der Waals surface area contributed by atoms with E-state index in [-0.39, 0.29) is 17.7 Å². The average molecular weight is 610 g/mol. The van der Waals surface area contributed by atoms with Crippen molar-refractivity contribution in [3.05, 3.63) is 103 Å². The Morgan fingerprint density at radius 3 is 2.52 bits per heavy atom. The number of para-hydroxylation sites is 1. The summed E-state index contributed by atoms with van der Waals surface area (Å²) in [7, 11) is 0. The highest BCUT2D eigenvalue weighted by molar-refractivity contribution is 6.34. The van der Waals surface area contributed by atoms with Crippen LogP contribution in [-0.2, 0) is 11.3 Å². The van der Waals surface area contributed by atoms with Gasteiger partial charge in [-0.3, -0.25) is 24.0 Å². The van der Waals surface area contributed by atoms with Crippen molar-refractivity contribution >= 4 is 39.4 Å². The maximum atomic E-state index is 14.2. The van der Waals surface area contributed by atoms with E-state index in [1.54, 1.807) is 26.3 Å². The van der Waals surface area contributed by atoms with Gasteiger partial charge in [-0.2, -0.15) is 5.10 Å². The van der Waals surface area contributed by atoms with Crippen LogP contribution in [0.3, 0.4) is 0 Å². The molecule has 226 valence electrons. The maximum Gasteiger partial charge on any atom is 0.321 e. The summed E-state index contributed by atoms with van der Waals surface area (Å²) in [6.07, 6.45) is 2.37. The second kappa shape index (κ2) is 11.2. The van der Waals surface area contributed by atoms with Crippen LogP contribution in [0.2, 0.25) is 5.02 Å². The van der Waals surface area contributed by atoms with Crippen LogP contribution >= 0.6 is 11.6 Å². The number of hydrogen-bond donors (Lipinski definition) is 1. The van der Waals surface area contributed by atoms with Crippen LogP contribution in [0.15, 0.2) is 70.4 Å². The molecule has 1 amide bonds. The van der Waals surface area contributed by atoms with E-state index in [9.17, 15) is 14.4 Å². The van der Waals surface area contributed by atoms with Gasteiger partial charge in [0, 0.05) is 42.1 Å². The van der Waals surface area contributed by atoms with Crippen molar-refractivity contribution in [2.24, 2.45) is 5.92 Å². The maximum absolute atomic E-state index is 14.2. The van der Waals surface area contributed by atoms with Crippen LogP contribution < -0.4 is 11.1 Å². The predicted octanol–water partition coefficient (Wildman–Crippen LogP) is 6.51. The molecule has 1 saturated heterocycles. The SMILES string of the molecule is C=C(CC)C(=O)N1CC(Cn2c(=O)c(=O)n(-c3c(C)cccc3C(C)C)c3cc(-c4c(C)ccc5[nH]ncc45)c(Cl)cc32)C1. The molecule has 9 heteroatoms. The van der Waals surface area contributed by atoms with Crippen molar-refractivity contribution in [2.45, 2.75) is 53.5 Å². The molecule has 8 nitrogen and oxygen atoms in total. The van der Waals surface area contributed by atoms with Crippen molar-refractivity contribution in [3.8, 4) is 16.8 Å². The molecule has 1 N–H and O–H groups in total. The van der Waals surface area contributed by atoms with E-state index >= 15 is 0 Å². The van der Waals surface area contributed by atoms with Crippen molar-refractivity contribution < 1.29 is 4.79 Å². The first-order valence-electron chi connectivity index (χ1n) is 15.0. The molecule has 0 spiro atoms. The van der Waals surface area contributed by atoms with Crippen LogP contribution in [-0.4, -0.2) is 43.2 Å². The number of likely N-dealkylation sites (tertiary alicyclic amines) is 1. The molecular weight excluding hydrogens is 574 g/mol. The quantitative estimate of drug-likeness (QED) is 0.168. The van der Waals surface area contributed by atoms with Crippen LogP contribution in [0.1, 0.15) is 49.8 Å². The zero-order valence-electron chi connectivity index (χ0n) is 25.7. The molecule has 3 heterocycles. The van der Waals surface area contributed by atoms with E-state index in [1.807, 2.05) is 57.2 Å². The highest BCUT2D eigenvalue weighted by atomic mass is 35.5. The molecule has 1 fully saturated rings. The summed E-state index contributed by atoms with van der Waals surface area (Å²) >= 11 is 7.06. The van der Waals surface area contributed by atoms with Gasteiger partial charge in [-0.15, -0.1) is 0 Å². The number of nitrogens with one attached hydrogen (secondary N) is 1. The van der Waals surface area contributed by atoms with E-state index in [4.69, 9.17) is 11.6 Å². The minimum Gasteiger partial charge on any atom is -0.338 e. The van der Waals surface area contributed by atoms with E-state index in [0.717, 1.165) is 38.7 Å². The zero-order chi connectivity index (χ0) is 31.4. The highest BCUT2D eigenvalue weighted by Crippen LogP contribution is 2.39. The number of carbonyl (C=O) groups is 1. The zero-order valence-corrected chi connectivity index (χ0v) is 26.5. The highest BCUT2D eigenvalue weighted by Gasteiger charge is 2.33. The molecular formula is C35H36ClN5O3. The van der Waals surface area contributed by atoms with E-state index in [1.165, 1.54) is 0 Å². The standard InChI is InChI=1S/C35H36ClN5O3/c1-7-20(4)33(42)39-16-23(17-39)18-40-29-14-27(36)25(31-21(5)11-12-28-26(31)15-37-38-28)13-30(29)41(35(44)34(40)43)32-22(6)9-8-10-24(32)19(2)3/h8-15,19,23H,4,7,16-18H2,1-3,5-6H3,(H,37,38). The topological polar surface area (TPSA) is 93.0 Å². The first-order valence-corrected chi connectivity index (χ1v) is 15.4. The van der Waals surface area contributed by atoms with Gasteiger partial charge in [-0.1, -0.05) is 63.2 Å². The third-order valence-corrected chi connectivity index (χ3v) is 9.17. The Morgan fingerprint density at radius 1 is 1.07 bits per heavy atom. The molecule has 1 aliphatic rings. The van der Waals surface area contributed by atoms with Crippen molar-refractivity contribution in [1.82, 2.24) is 24.2 Å². The molecule has 0 aliphatic carbocycles. The van der Waals surface area contributed by atoms with Gasteiger partial charge < -0.3 is 9.47 Å². The molecule has 6 rings (SSSR count). The number of aryl methyl sites for hydroxylation is 2. The van der Waals surface area contributed by atoms with Crippen LogP contribution in [0.4, 0.5) is 0 Å². The normalized spacial score (nSPS) is 13.7. The number of nitrogens with zero attached hydrogens (tertiary/aromatic N) is 4. The fourth-order valence-electron chi connectivity index (χ4n) is 6.39. The van der Waals surface area contributed by atoms with E-state index in [2.05, 4.69) is 30.6 Å². The lowest BCUT2D eigenvalue weighted by molar-refractivity contribution is -0.133. The fraction of sp³-hybridized carbons (Fsp3) is 0.314. The predicted molar refractivity (Wildman–Crippen MR) is 177 cm³/mol. The molecule has 2 aromatic heterocycles. The van der Waals surface area contributed by atoms with Gasteiger partial charge in [0.05, 0.1) is 33.5 Å². The summed E-state index contributed by atoms with van der Waals surface area (Å²) in [4.78, 5) is 42.5. The fourth-order valence-corrected chi connectivity index (χ4v) is 6.64. The lowest BCUT2D eigenvalue weighted by Crippen LogP contribution is -2.53. The summed E-state index contributed by atoms with van der Waals surface area (Å²) in [5.41, 5.74) is 6.62. The van der Waals surface area contributed by atoms with E-state index in [0.29, 0.717) is 53.4 Å². The number of H-pyrrole nitrogens is 1. The Hall–Kier alpha value is -4.43. The average Bonchev–Trinajstić information content (AvgIpc) is 3.45. The van der Waals surface area contributed by atoms with Crippen molar-refractivity contribution in [1.29, 1.82) is 0 Å². The summed E-state index contributed by atoms with van der Waals surface area (Å²) in [6.45, 7) is 15.2. The van der Waals surface area contributed by atoms with Gasteiger partial charge in [0.15, 0.2) is 0 Å². The smallest absolute Gasteiger partial charge is 0.321 e. The first-order chi connectivity index (χ1) is 21.0. The minimum absolute atomic E-state index is 0.0183. The molecule has 3 aromatic carbocycles. The molecule has 44 heavy (non-hydrogen) atoms. The summed E-state index contributed by atoms with van der Waals surface area (Å²) in [5.74, 6) is 0.0674. The number of carbonyl (C=O) groups excluding carboxylic acids is 1. The molecule has 0 bridgehead atoms. The number of hydrogen-bond acceptors (Lipinski definition) is 4. The van der Waals surface area contributed by atoms with E-state index < -0.39 is 11.1 Å². The third kappa shape index (κ3) is 4.78. The number of benzene rings is 3. The largest absolute Gasteiger partial charge is 0.338 e. The van der Waals surface area contributed by atoms with Crippen LogP contribution in [0, 0.1) is 19.8 Å². The second-order valence-electron chi connectivity index (χ2n) is 12.2. The Balaban J connectivity index is 1.61. The lowest BCUT2D eigenvalue weighted by Gasteiger charge is -2.40. The first kappa shape index (κ1) is 29.6. The van der Waals surface area contributed by atoms with Crippen LogP contribution in [0.25, 0.3) is 38.8 Å². The third-order valence-electron chi connectivity index (χ3n) is 8.86. The Bertz CT molecular complexity index is 2100. The Morgan fingerprint density at radius 2 is 1.82 bits per heavy atom. The number of aromatic amines is 1. The van der Waals surface area contributed by atoms with Gasteiger partial charge in [-0.05, 0) is 66.6 Å². The number of amides is 1. The number of fused-ring (bicyclic) bond motifs is 2. The monoisotopic (exact) mass is 609 g/mol. The molecule has 5 aromatic rings. The van der Waals surface area contributed by atoms with Gasteiger partial charge in [0.2, 0.25) is 5.91 Å². The molecule has 0 radical (unpaired) electrons. The van der Waals surface area contributed by atoms with Crippen molar-refractivity contribution in [2.75, 3.05) is 13.1 Å². The summed E-state index contributed by atoms with van der Waals surface area (Å²) < 4.78 is 3.12. The molecule has 0 unspecified atom stereocenters.